The Balaban J connectivity index is 1.98. The van der Waals surface area contributed by atoms with Gasteiger partial charge in [-0.05, 0) is 49.6 Å². The summed E-state index contributed by atoms with van der Waals surface area (Å²) >= 11 is 0. The summed E-state index contributed by atoms with van der Waals surface area (Å²) in [6.45, 7) is 9.18. The van der Waals surface area contributed by atoms with Gasteiger partial charge >= 0.3 is 0 Å². The van der Waals surface area contributed by atoms with Gasteiger partial charge in [0.1, 0.15) is 0 Å². The van der Waals surface area contributed by atoms with E-state index in [1.165, 1.54) is 25.9 Å². The van der Waals surface area contributed by atoms with E-state index in [0.29, 0.717) is 0 Å². The fourth-order valence-electron chi connectivity index (χ4n) is 3.11. The summed E-state index contributed by atoms with van der Waals surface area (Å²) in [6.07, 6.45) is 2.66. The summed E-state index contributed by atoms with van der Waals surface area (Å²) in [5.74, 6) is 3.45. The van der Waals surface area contributed by atoms with E-state index in [4.69, 9.17) is 4.74 Å². The Morgan fingerprint density at radius 3 is 2.79 bits per heavy atom. The molecule has 0 amide bonds. The van der Waals surface area contributed by atoms with E-state index in [-0.39, 0.29) is 0 Å². The maximum Gasteiger partial charge on any atom is 0.0497 e. The standard InChI is InChI=1S/C12H23NO/c1-9(2)12-7-13-5-3-11(12)10-4-6-14-8-10/h9-13H,3-8H2,1-2H3. The van der Waals surface area contributed by atoms with Crippen molar-refractivity contribution in [2.75, 3.05) is 26.3 Å². The van der Waals surface area contributed by atoms with Crippen LogP contribution in [0, 0.1) is 23.7 Å². The minimum absolute atomic E-state index is 0.813. The van der Waals surface area contributed by atoms with Crippen molar-refractivity contribution in [1.29, 1.82) is 0 Å². The molecule has 0 radical (unpaired) electrons. The van der Waals surface area contributed by atoms with Crippen molar-refractivity contribution in [3.8, 4) is 0 Å². The Bertz CT molecular complexity index is 175. The molecule has 0 bridgehead atoms. The minimum Gasteiger partial charge on any atom is -0.381 e. The SMILES string of the molecule is CC(C)C1CNCCC1C1CCOC1. The van der Waals surface area contributed by atoms with Gasteiger partial charge < -0.3 is 10.1 Å². The second kappa shape index (κ2) is 4.63. The van der Waals surface area contributed by atoms with Gasteiger partial charge in [0.25, 0.3) is 0 Å². The van der Waals surface area contributed by atoms with Crippen LogP contribution >= 0.6 is 0 Å². The van der Waals surface area contributed by atoms with Crippen LogP contribution in [-0.2, 0) is 4.74 Å². The lowest BCUT2D eigenvalue weighted by atomic mass is 9.72. The Labute approximate surface area is 87.4 Å². The quantitative estimate of drug-likeness (QED) is 0.730. The highest BCUT2D eigenvalue weighted by atomic mass is 16.5. The van der Waals surface area contributed by atoms with Gasteiger partial charge in [-0.3, -0.25) is 0 Å². The normalized spacial score (nSPS) is 39.2. The molecule has 0 aromatic carbocycles. The van der Waals surface area contributed by atoms with E-state index < -0.39 is 0 Å². The molecule has 0 aromatic heterocycles. The third-order valence-electron chi connectivity index (χ3n) is 4.01. The summed E-state index contributed by atoms with van der Waals surface area (Å²) in [7, 11) is 0. The second-order valence-electron chi connectivity index (χ2n) is 5.19. The van der Waals surface area contributed by atoms with Gasteiger partial charge in [-0.2, -0.15) is 0 Å². The molecular weight excluding hydrogens is 174 g/mol. The van der Waals surface area contributed by atoms with E-state index in [1.807, 2.05) is 0 Å². The maximum atomic E-state index is 5.52. The zero-order valence-electron chi connectivity index (χ0n) is 9.46. The van der Waals surface area contributed by atoms with Crippen LogP contribution < -0.4 is 5.32 Å². The number of nitrogens with one attached hydrogen (secondary N) is 1. The van der Waals surface area contributed by atoms with Crippen LogP contribution in [0.25, 0.3) is 0 Å². The topological polar surface area (TPSA) is 21.3 Å². The lowest BCUT2D eigenvalue weighted by molar-refractivity contribution is 0.111. The molecule has 2 nitrogen and oxygen atoms in total. The Kier molecular flexibility index (Phi) is 3.45. The molecule has 0 aromatic rings. The second-order valence-corrected chi connectivity index (χ2v) is 5.19. The molecule has 0 spiro atoms. The van der Waals surface area contributed by atoms with E-state index in [1.54, 1.807) is 0 Å². The molecule has 1 N–H and O–H groups in total. The van der Waals surface area contributed by atoms with Crippen LogP contribution in [0.4, 0.5) is 0 Å². The third kappa shape index (κ3) is 2.12. The van der Waals surface area contributed by atoms with Crippen molar-refractivity contribution in [3.63, 3.8) is 0 Å². The number of hydrogen-bond donors (Lipinski definition) is 1. The average Bonchev–Trinajstić information content (AvgIpc) is 2.70. The summed E-state index contributed by atoms with van der Waals surface area (Å²) < 4.78 is 5.52. The molecule has 2 rings (SSSR count). The third-order valence-corrected chi connectivity index (χ3v) is 4.01. The van der Waals surface area contributed by atoms with Crippen molar-refractivity contribution >= 4 is 0 Å². The van der Waals surface area contributed by atoms with Crippen molar-refractivity contribution < 1.29 is 4.74 Å². The van der Waals surface area contributed by atoms with Crippen LogP contribution in [0.3, 0.4) is 0 Å². The molecule has 82 valence electrons. The molecule has 0 aliphatic carbocycles. The number of hydrogen-bond acceptors (Lipinski definition) is 2. The molecule has 14 heavy (non-hydrogen) atoms. The molecule has 2 aliphatic rings. The highest BCUT2D eigenvalue weighted by Crippen LogP contribution is 2.35. The van der Waals surface area contributed by atoms with E-state index in [0.717, 1.165) is 36.9 Å². The molecule has 2 aliphatic heterocycles. The minimum atomic E-state index is 0.813. The fraction of sp³-hybridized carbons (Fsp3) is 1.00. The lowest BCUT2D eigenvalue weighted by Crippen LogP contribution is -2.42. The smallest absolute Gasteiger partial charge is 0.0497 e. The van der Waals surface area contributed by atoms with Crippen LogP contribution in [0.2, 0.25) is 0 Å². The zero-order chi connectivity index (χ0) is 9.97. The van der Waals surface area contributed by atoms with Gasteiger partial charge in [-0.1, -0.05) is 13.8 Å². The monoisotopic (exact) mass is 197 g/mol. The molecule has 3 unspecified atom stereocenters. The van der Waals surface area contributed by atoms with Gasteiger partial charge in [0.05, 0.1) is 0 Å². The first-order valence-electron chi connectivity index (χ1n) is 6.07. The van der Waals surface area contributed by atoms with Gasteiger partial charge in [-0.15, -0.1) is 0 Å². The first-order chi connectivity index (χ1) is 6.79. The Morgan fingerprint density at radius 2 is 2.14 bits per heavy atom. The summed E-state index contributed by atoms with van der Waals surface area (Å²) in [5.41, 5.74) is 0. The first kappa shape index (κ1) is 10.4. The molecule has 3 atom stereocenters. The van der Waals surface area contributed by atoms with Crippen LogP contribution in [-0.4, -0.2) is 26.3 Å². The average molecular weight is 197 g/mol. The van der Waals surface area contributed by atoms with Gasteiger partial charge in [0, 0.05) is 13.2 Å². The zero-order valence-corrected chi connectivity index (χ0v) is 9.46. The van der Waals surface area contributed by atoms with E-state index >= 15 is 0 Å². The van der Waals surface area contributed by atoms with Crippen LogP contribution in [0.15, 0.2) is 0 Å². The van der Waals surface area contributed by atoms with Gasteiger partial charge in [-0.25, -0.2) is 0 Å². The van der Waals surface area contributed by atoms with Crippen molar-refractivity contribution in [1.82, 2.24) is 5.32 Å². The predicted molar refractivity (Wildman–Crippen MR) is 58.2 cm³/mol. The lowest BCUT2D eigenvalue weighted by Gasteiger charge is -2.38. The molecule has 2 fully saturated rings. The van der Waals surface area contributed by atoms with Crippen LogP contribution in [0.5, 0.6) is 0 Å². The summed E-state index contributed by atoms with van der Waals surface area (Å²) in [4.78, 5) is 0. The van der Waals surface area contributed by atoms with E-state index in [9.17, 15) is 0 Å². The number of rotatable bonds is 2. The number of ether oxygens (including phenoxy) is 1. The Hall–Kier alpha value is -0.0800. The summed E-state index contributed by atoms with van der Waals surface area (Å²) in [6, 6.07) is 0. The van der Waals surface area contributed by atoms with Gasteiger partial charge in [0.15, 0.2) is 0 Å². The molecular formula is C12H23NO. The molecule has 2 saturated heterocycles. The van der Waals surface area contributed by atoms with Crippen molar-refractivity contribution in [2.24, 2.45) is 23.7 Å². The largest absolute Gasteiger partial charge is 0.381 e. The van der Waals surface area contributed by atoms with Crippen molar-refractivity contribution in [3.05, 3.63) is 0 Å². The van der Waals surface area contributed by atoms with Crippen molar-refractivity contribution in [2.45, 2.75) is 26.7 Å². The van der Waals surface area contributed by atoms with E-state index in [2.05, 4.69) is 19.2 Å². The Morgan fingerprint density at radius 1 is 1.29 bits per heavy atom. The molecule has 2 heteroatoms. The number of piperidine rings is 1. The molecule has 2 heterocycles. The summed E-state index contributed by atoms with van der Waals surface area (Å²) in [5, 5.41) is 3.53. The molecule has 0 saturated carbocycles. The highest BCUT2D eigenvalue weighted by Gasteiger charge is 2.34. The van der Waals surface area contributed by atoms with Gasteiger partial charge in [0.2, 0.25) is 0 Å². The highest BCUT2D eigenvalue weighted by molar-refractivity contribution is 4.86. The maximum absolute atomic E-state index is 5.52. The van der Waals surface area contributed by atoms with Crippen LogP contribution in [0.1, 0.15) is 26.7 Å². The fourth-order valence-corrected chi connectivity index (χ4v) is 3.11. The predicted octanol–water partition coefficient (Wildman–Crippen LogP) is 1.90. The first-order valence-corrected chi connectivity index (χ1v) is 6.07.